The summed E-state index contributed by atoms with van der Waals surface area (Å²) in [4.78, 5) is 3.35. The molecule has 0 saturated carbocycles. The molecule has 0 aliphatic carbocycles. The monoisotopic (exact) mass is 342 g/mol. The maximum Gasteiger partial charge on any atom is 0.246 e. The summed E-state index contributed by atoms with van der Waals surface area (Å²) in [5.41, 5.74) is 0.490. The van der Waals surface area contributed by atoms with Gasteiger partial charge in [0, 0.05) is 19.9 Å². The highest BCUT2D eigenvalue weighted by atomic mass is 32.2. The number of halogens is 2. The van der Waals surface area contributed by atoms with Crippen molar-refractivity contribution in [2.45, 2.75) is 11.4 Å². The lowest BCUT2D eigenvalue weighted by molar-refractivity contribution is 0.177. The van der Waals surface area contributed by atoms with E-state index in [1.54, 1.807) is 18.2 Å². The molecule has 0 saturated heterocycles. The molecular weight excluding hydrogens is 326 g/mol. The van der Waals surface area contributed by atoms with Crippen molar-refractivity contribution in [3.63, 3.8) is 0 Å². The topological polar surface area (TPSA) is 59.5 Å². The van der Waals surface area contributed by atoms with Crippen LogP contribution in [-0.4, -0.2) is 38.0 Å². The maximum atomic E-state index is 13.9. The lowest BCUT2D eigenvalue weighted by atomic mass is 10.3. The highest BCUT2D eigenvalue weighted by molar-refractivity contribution is 7.89. The second-order valence-electron chi connectivity index (χ2n) is 4.70. The third-order valence-electron chi connectivity index (χ3n) is 3.14. The molecule has 2 rings (SSSR count). The van der Waals surface area contributed by atoms with Crippen LogP contribution in [0, 0.1) is 11.6 Å². The number of hydrogen-bond acceptors (Lipinski definition) is 4. The van der Waals surface area contributed by atoms with Crippen molar-refractivity contribution in [3.05, 3.63) is 59.9 Å². The van der Waals surface area contributed by atoms with Gasteiger partial charge in [-0.25, -0.2) is 17.2 Å². The summed E-state index contributed by atoms with van der Waals surface area (Å²) in [7, 11) is -2.80. The Labute approximate surface area is 133 Å². The lowest BCUT2D eigenvalue weighted by Crippen LogP contribution is -2.34. The number of benzene rings is 1. The van der Waals surface area contributed by atoms with E-state index in [2.05, 4.69) is 4.98 Å². The van der Waals surface area contributed by atoms with Crippen molar-refractivity contribution < 1.29 is 21.9 Å². The lowest BCUT2D eigenvalue weighted by Gasteiger charge is -2.22. The molecule has 1 aromatic heterocycles. The van der Waals surface area contributed by atoms with Crippen LogP contribution < -0.4 is 0 Å². The fourth-order valence-corrected chi connectivity index (χ4v) is 3.44. The molecule has 1 aromatic carbocycles. The average molecular weight is 342 g/mol. The molecule has 0 atom stereocenters. The summed E-state index contributed by atoms with van der Waals surface area (Å²) in [6.07, 6.45) is 1.53. The van der Waals surface area contributed by atoms with E-state index in [1.165, 1.54) is 13.3 Å². The van der Waals surface area contributed by atoms with Crippen LogP contribution in [0.4, 0.5) is 8.78 Å². The summed E-state index contributed by atoms with van der Waals surface area (Å²) < 4.78 is 58.5. The Bertz CT molecular complexity index is 755. The molecule has 0 unspecified atom stereocenters. The van der Waals surface area contributed by atoms with E-state index in [4.69, 9.17) is 4.74 Å². The van der Waals surface area contributed by atoms with E-state index < -0.39 is 26.6 Å². The van der Waals surface area contributed by atoms with Crippen molar-refractivity contribution in [1.82, 2.24) is 9.29 Å². The SMILES string of the molecule is COCCN(Cc1ccccn1)S(=O)(=O)c1cccc(F)c1F. The molecule has 0 fully saturated rings. The van der Waals surface area contributed by atoms with Gasteiger partial charge in [-0.05, 0) is 24.3 Å². The molecule has 124 valence electrons. The quantitative estimate of drug-likeness (QED) is 0.774. The highest BCUT2D eigenvalue weighted by Crippen LogP contribution is 2.22. The Balaban J connectivity index is 2.38. The van der Waals surface area contributed by atoms with Crippen LogP contribution in [0.3, 0.4) is 0 Å². The molecule has 0 amide bonds. The van der Waals surface area contributed by atoms with Gasteiger partial charge in [-0.3, -0.25) is 4.98 Å². The molecule has 8 heteroatoms. The van der Waals surface area contributed by atoms with Crippen molar-refractivity contribution in [2.24, 2.45) is 0 Å². The number of methoxy groups -OCH3 is 1. The Morgan fingerprint density at radius 1 is 1.17 bits per heavy atom. The van der Waals surface area contributed by atoms with Gasteiger partial charge in [0.2, 0.25) is 10.0 Å². The van der Waals surface area contributed by atoms with Gasteiger partial charge in [-0.15, -0.1) is 0 Å². The number of rotatable bonds is 7. The fraction of sp³-hybridized carbons (Fsp3) is 0.267. The average Bonchev–Trinajstić information content (AvgIpc) is 2.54. The summed E-state index contributed by atoms with van der Waals surface area (Å²) in [6, 6.07) is 8.12. The zero-order chi connectivity index (χ0) is 16.9. The van der Waals surface area contributed by atoms with Crippen LogP contribution in [0.1, 0.15) is 5.69 Å². The van der Waals surface area contributed by atoms with E-state index in [1.807, 2.05) is 0 Å². The largest absolute Gasteiger partial charge is 0.383 e. The molecule has 0 bridgehead atoms. The van der Waals surface area contributed by atoms with Gasteiger partial charge >= 0.3 is 0 Å². The van der Waals surface area contributed by atoms with Crippen molar-refractivity contribution in [1.29, 1.82) is 0 Å². The predicted molar refractivity (Wildman–Crippen MR) is 80.1 cm³/mol. The molecule has 0 spiro atoms. The van der Waals surface area contributed by atoms with Gasteiger partial charge in [0.25, 0.3) is 0 Å². The minimum absolute atomic E-state index is 0.00857. The molecule has 5 nitrogen and oxygen atoms in total. The number of nitrogens with zero attached hydrogens (tertiary/aromatic N) is 2. The van der Waals surface area contributed by atoms with Gasteiger partial charge in [-0.1, -0.05) is 12.1 Å². The Morgan fingerprint density at radius 2 is 1.96 bits per heavy atom. The Hall–Kier alpha value is -1.90. The Kier molecular flexibility index (Phi) is 5.75. The molecule has 0 aliphatic heterocycles. The molecular formula is C15H16F2N2O3S. The predicted octanol–water partition coefficient (Wildman–Crippen LogP) is 2.20. The zero-order valence-corrected chi connectivity index (χ0v) is 13.3. The zero-order valence-electron chi connectivity index (χ0n) is 12.4. The Morgan fingerprint density at radius 3 is 2.61 bits per heavy atom. The summed E-state index contributed by atoms with van der Waals surface area (Å²) in [6.45, 7) is 0.0385. The third kappa shape index (κ3) is 4.10. The van der Waals surface area contributed by atoms with Crippen molar-refractivity contribution >= 4 is 10.0 Å². The minimum atomic E-state index is -4.23. The summed E-state index contributed by atoms with van der Waals surface area (Å²) in [5.74, 6) is -2.61. The minimum Gasteiger partial charge on any atom is -0.383 e. The van der Waals surface area contributed by atoms with Crippen LogP contribution in [0.25, 0.3) is 0 Å². The van der Waals surface area contributed by atoms with Gasteiger partial charge in [0.1, 0.15) is 4.90 Å². The first-order valence-electron chi connectivity index (χ1n) is 6.80. The number of pyridine rings is 1. The normalized spacial score (nSPS) is 11.8. The third-order valence-corrected chi connectivity index (χ3v) is 5.01. The van der Waals surface area contributed by atoms with Crippen molar-refractivity contribution in [2.75, 3.05) is 20.3 Å². The van der Waals surface area contributed by atoms with Crippen LogP contribution >= 0.6 is 0 Å². The van der Waals surface area contributed by atoms with E-state index in [0.717, 1.165) is 22.5 Å². The smallest absolute Gasteiger partial charge is 0.246 e. The fourth-order valence-electron chi connectivity index (χ4n) is 1.97. The van der Waals surface area contributed by atoms with E-state index in [0.29, 0.717) is 5.69 Å². The van der Waals surface area contributed by atoms with Crippen LogP contribution in [0.5, 0.6) is 0 Å². The first-order chi connectivity index (χ1) is 11.0. The van der Waals surface area contributed by atoms with E-state index in [-0.39, 0.29) is 19.7 Å². The van der Waals surface area contributed by atoms with E-state index >= 15 is 0 Å². The standard InChI is InChI=1S/C15H16F2N2O3S/c1-22-10-9-19(11-12-5-2-3-8-18-12)23(20,21)14-7-4-6-13(16)15(14)17/h2-8H,9-11H2,1H3. The second kappa shape index (κ2) is 7.58. The molecule has 2 aromatic rings. The molecule has 0 aliphatic rings. The summed E-state index contributed by atoms with van der Waals surface area (Å²) >= 11 is 0. The van der Waals surface area contributed by atoms with Gasteiger partial charge in [0.15, 0.2) is 11.6 Å². The summed E-state index contributed by atoms with van der Waals surface area (Å²) in [5, 5.41) is 0. The molecule has 0 radical (unpaired) electrons. The van der Waals surface area contributed by atoms with E-state index in [9.17, 15) is 17.2 Å². The number of ether oxygens (including phenoxy) is 1. The first-order valence-corrected chi connectivity index (χ1v) is 8.24. The maximum absolute atomic E-state index is 13.9. The number of sulfonamides is 1. The molecule has 1 heterocycles. The van der Waals surface area contributed by atoms with Crippen LogP contribution in [0.15, 0.2) is 47.5 Å². The highest BCUT2D eigenvalue weighted by Gasteiger charge is 2.29. The number of hydrogen-bond donors (Lipinski definition) is 0. The molecule has 0 N–H and O–H groups in total. The van der Waals surface area contributed by atoms with Gasteiger partial charge in [-0.2, -0.15) is 4.31 Å². The second-order valence-corrected chi connectivity index (χ2v) is 6.61. The van der Waals surface area contributed by atoms with Gasteiger partial charge in [0.05, 0.1) is 18.8 Å². The van der Waals surface area contributed by atoms with Crippen LogP contribution in [0.2, 0.25) is 0 Å². The number of aromatic nitrogens is 1. The first kappa shape index (κ1) is 17.5. The van der Waals surface area contributed by atoms with Gasteiger partial charge < -0.3 is 4.74 Å². The molecule has 23 heavy (non-hydrogen) atoms. The van der Waals surface area contributed by atoms with Crippen molar-refractivity contribution in [3.8, 4) is 0 Å². The van der Waals surface area contributed by atoms with Crippen LogP contribution in [-0.2, 0) is 21.3 Å².